The highest BCUT2D eigenvalue weighted by molar-refractivity contribution is 5.95. The summed E-state index contributed by atoms with van der Waals surface area (Å²) in [5, 5.41) is 7.51. The van der Waals surface area contributed by atoms with Crippen LogP contribution in [0.25, 0.3) is 11.5 Å². The Morgan fingerprint density at radius 2 is 2.00 bits per heavy atom. The third-order valence-electron chi connectivity index (χ3n) is 3.20. The minimum Gasteiger partial charge on any atom is -0.384 e. The summed E-state index contributed by atoms with van der Waals surface area (Å²) in [6, 6.07) is 13.4. The summed E-state index contributed by atoms with van der Waals surface area (Å²) in [7, 11) is 0. The van der Waals surface area contributed by atoms with E-state index in [9.17, 15) is 0 Å². The van der Waals surface area contributed by atoms with Gasteiger partial charge in [0.1, 0.15) is 11.5 Å². The van der Waals surface area contributed by atoms with Crippen LogP contribution >= 0.6 is 0 Å². The monoisotopic (exact) mass is 277 g/mol. The molecule has 0 atom stereocenters. The predicted octanol–water partition coefficient (Wildman–Crippen LogP) is 2.28. The number of amidine groups is 1. The van der Waals surface area contributed by atoms with Crippen LogP contribution in [0.4, 0.5) is 0 Å². The zero-order valence-electron chi connectivity index (χ0n) is 11.4. The van der Waals surface area contributed by atoms with Gasteiger partial charge in [-0.25, -0.2) is 4.98 Å². The summed E-state index contributed by atoms with van der Waals surface area (Å²) in [6.45, 7) is 0.660. The molecule has 2 heterocycles. The van der Waals surface area contributed by atoms with Crippen molar-refractivity contribution in [3.63, 3.8) is 0 Å². The third-order valence-corrected chi connectivity index (χ3v) is 3.20. The molecule has 5 nitrogen and oxygen atoms in total. The number of hydrogen-bond acceptors (Lipinski definition) is 3. The highest BCUT2D eigenvalue weighted by Gasteiger charge is 2.07. The average Bonchev–Trinajstić information content (AvgIpc) is 2.96. The molecule has 0 spiro atoms. The van der Waals surface area contributed by atoms with Crippen LogP contribution in [-0.4, -0.2) is 20.4 Å². The number of nitrogen functional groups attached to an aromatic ring is 1. The van der Waals surface area contributed by atoms with Gasteiger partial charge in [-0.2, -0.15) is 0 Å². The number of benzene rings is 1. The van der Waals surface area contributed by atoms with Gasteiger partial charge < -0.3 is 10.3 Å². The Morgan fingerprint density at radius 1 is 1.10 bits per heavy atom. The van der Waals surface area contributed by atoms with Gasteiger partial charge in [0, 0.05) is 30.7 Å². The lowest BCUT2D eigenvalue weighted by Gasteiger charge is -2.08. The smallest absolute Gasteiger partial charge is 0.158 e. The fourth-order valence-electron chi connectivity index (χ4n) is 2.20. The highest BCUT2D eigenvalue weighted by Crippen LogP contribution is 2.16. The van der Waals surface area contributed by atoms with Crippen LogP contribution in [-0.2, 0) is 6.54 Å². The van der Waals surface area contributed by atoms with Crippen molar-refractivity contribution in [2.75, 3.05) is 0 Å². The standard InChI is InChI=1S/C16H15N5/c17-15(18)13-5-3-4-12(10-13)11-21-9-8-20-16(21)14-6-1-2-7-19-14/h1-10H,11H2,(H3,17,18). The Hall–Kier alpha value is -2.95. The van der Waals surface area contributed by atoms with Crippen LogP contribution in [0.5, 0.6) is 0 Å². The number of nitrogens with zero attached hydrogens (tertiary/aromatic N) is 3. The maximum absolute atomic E-state index is 7.51. The van der Waals surface area contributed by atoms with Crippen molar-refractivity contribution in [3.8, 4) is 11.5 Å². The van der Waals surface area contributed by atoms with E-state index in [0.717, 1.165) is 22.6 Å². The van der Waals surface area contributed by atoms with Gasteiger partial charge in [0.2, 0.25) is 0 Å². The molecule has 5 heteroatoms. The summed E-state index contributed by atoms with van der Waals surface area (Å²) in [5.74, 6) is 0.899. The Labute approximate surface area is 122 Å². The van der Waals surface area contributed by atoms with Crippen LogP contribution in [0.15, 0.2) is 61.1 Å². The SMILES string of the molecule is N=C(N)c1cccc(Cn2ccnc2-c2ccccn2)c1. The highest BCUT2D eigenvalue weighted by atomic mass is 15.1. The number of pyridine rings is 1. The van der Waals surface area contributed by atoms with Gasteiger partial charge in [-0.15, -0.1) is 0 Å². The molecule has 0 aliphatic carbocycles. The van der Waals surface area contributed by atoms with Crippen molar-refractivity contribution in [1.29, 1.82) is 5.41 Å². The van der Waals surface area contributed by atoms with Crippen LogP contribution < -0.4 is 5.73 Å². The third kappa shape index (κ3) is 2.81. The summed E-state index contributed by atoms with van der Waals surface area (Å²) in [6.07, 6.45) is 5.44. The molecule has 3 aromatic rings. The quantitative estimate of drug-likeness (QED) is 0.567. The van der Waals surface area contributed by atoms with Crippen molar-refractivity contribution < 1.29 is 0 Å². The predicted molar refractivity (Wildman–Crippen MR) is 82.0 cm³/mol. The van der Waals surface area contributed by atoms with Crippen molar-refractivity contribution in [2.24, 2.45) is 5.73 Å². The minimum atomic E-state index is 0.0763. The van der Waals surface area contributed by atoms with Gasteiger partial charge >= 0.3 is 0 Å². The van der Waals surface area contributed by atoms with E-state index in [-0.39, 0.29) is 5.84 Å². The maximum atomic E-state index is 7.51. The van der Waals surface area contributed by atoms with E-state index < -0.39 is 0 Å². The van der Waals surface area contributed by atoms with Crippen molar-refractivity contribution in [1.82, 2.24) is 14.5 Å². The van der Waals surface area contributed by atoms with Crippen LogP contribution in [0, 0.1) is 5.41 Å². The number of nitrogens with one attached hydrogen (secondary N) is 1. The lowest BCUT2D eigenvalue weighted by Crippen LogP contribution is -2.11. The first-order chi connectivity index (χ1) is 10.2. The zero-order valence-corrected chi connectivity index (χ0v) is 11.4. The Balaban J connectivity index is 1.92. The minimum absolute atomic E-state index is 0.0763. The Morgan fingerprint density at radius 3 is 2.76 bits per heavy atom. The molecule has 2 aromatic heterocycles. The number of imidazole rings is 1. The first-order valence-electron chi connectivity index (χ1n) is 6.60. The van der Waals surface area contributed by atoms with Crippen molar-refractivity contribution >= 4 is 5.84 Å². The molecule has 0 fully saturated rings. The van der Waals surface area contributed by atoms with Crippen LogP contribution in [0.3, 0.4) is 0 Å². The molecular weight excluding hydrogens is 262 g/mol. The summed E-state index contributed by atoms with van der Waals surface area (Å²) in [4.78, 5) is 8.71. The molecule has 1 aromatic carbocycles. The number of hydrogen-bond donors (Lipinski definition) is 2. The molecule has 0 unspecified atom stereocenters. The van der Waals surface area contributed by atoms with Crippen LogP contribution in [0.1, 0.15) is 11.1 Å². The topological polar surface area (TPSA) is 80.6 Å². The van der Waals surface area contributed by atoms with E-state index >= 15 is 0 Å². The molecule has 3 N–H and O–H groups in total. The maximum Gasteiger partial charge on any atom is 0.158 e. The number of rotatable bonds is 4. The van der Waals surface area contributed by atoms with E-state index in [1.807, 2.05) is 53.2 Å². The average molecular weight is 277 g/mol. The van der Waals surface area contributed by atoms with Gasteiger partial charge in [0.05, 0.1) is 0 Å². The van der Waals surface area contributed by atoms with Crippen molar-refractivity contribution in [3.05, 3.63) is 72.2 Å². The van der Waals surface area contributed by atoms with Gasteiger partial charge in [-0.1, -0.05) is 24.3 Å². The lowest BCUT2D eigenvalue weighted by molar-refractivity contribution is 0.803. The Kier molecular flexibility index (Phi) is 3.47. The molecule has 0 radical (unpaired) electrons. The molecule has 0 saturated carbocycles. The fourth-order valence-corrected chi connectivity index (χ4v) is 2.20. The second-order valence-corrected chi connectivity index (χ2v) is 4.71. The Bertz CT molecular complexity index is 761. The molecule has 0 aliphatic heterocycles. The zero-order chi connectivity index (χ0) is 14.7. The molecule has 104 valence electrons. The molecule has 0 saturated heterocycles. The number of aromatic nitrogens is 3. The first kappa shape index (κ1) is 13.1. The molecule has 0 bridgehead atoms. The van der Waals surface area contributed by atoms with Crippen LogP contribution in [0.2, 0.25) is 0 Å². The van der Waals surface area contributed by atoms with E-state index in [1.54, 1.807) is 12.4 Å². The first-order valence-corrected chi connectivity index (χ1v) is 6.60. The van der Waals surface area contributed by atoms with E-state index in [0.29, 0.717) is 6.54 Å². The molecular formula is C16H15N5. The second kappa shape index (κ2) is 5.58. The summed E-state index contributed by atoms with van der Waals surface area (Å²) < 4.78 is 2.03. The van der Waals surface area contributed by atoms with Gasteiger partial charge in [-0.3, -0.25) is 10.4 Å². The molecule has 3 rings (SSSR count). The normalized spacial score (nSPS) is 10.5. The van der Waals surface area contributed by atoms with Gasteiger partial charge in [0.15, 0.2) is 5.82 Å². The fraction of sp³-hybridized carbons (Fsp3) is 0.0625. The van der Waals surface area contributed by atoms with Crippen molar-refractivity contribution in [2.45, 2.75) is 6.54 Å². The second-order valence-electron chi connectivity index (χ2n) is 4.71. The van der Waals surface area contributed by atoms with E-state index in [4.69, 9.17) is 11.1 Å². The summed E-state index contributed by atoms with van der Waals surface area (Å²) in [5.41, 5.74) is 8.17. The van der Waals surface area contributed by atoms with Gasteiger partial charge in [0.25, 0.3) is 0 Å². The van der Waals surface area contributed by atoms with E-state index in [2.05, 4.69) is 9.97 Å². The molecule has 0 aliphatic rings. The molecule has 21 heavy (non-hydrogen) atoms. The van der Waals surface area contributed by atoms with Gasteiger partial charge in [-0.05, 0) is 23.8 Å². The lowest BCUT2D eigenvalue weighted by atomic mass is 10.1. The summed E-state index contributed by atoms with van der Waals surface area (Å²) >= 11 is 0. The number of nitrogens with two attached hydrogens (primary N) is 1. The largest absolute Gasteiger partial charge is 0.384 e. The van der Waals surface area contributed by atoms with E-state index in [1.165, 1.54) is 0 Å². The molecule has 0 amide bonds.